The molecule has 1 spiro atoms. The van der Waals surface area contributed by atoms with Gasteiger partial charge in [0, 0.05) is 44.7 Å². The largest absolute Gasteiger partial charge is 0.305 e. The van der Waals surface area contributed by atoms with Crippen LogP contribution in [-0.2, 0) is 0 Å². The minimum absolute atomic E-state index is 0.715. The third-order valence-corrected chi connectivity index (χ3v) is 5.18. The quantitative estimate of drug-likeness (QED) is 0.764. The van der Waals surface area contributed by atoms with Gasteiger partial charge in [-0.05, 0) is 44.8 Å². The van der Waals surface area contributed by atoms with Gasteiger partial charge >= 0.3 is 0 Å². The van der Waals surface area contributed by atoms with Gasteiger partial charge in [0.2, 0.25) is 0 Å². The first-order chi connectivity index (χ1) is 9.05. The standard InChI is InChI=1S/C16H31N3/c1-14(2)8-18-6-4-15(5-7-18)9-19-12-16(13-19)10-17(3)11-16/h14-15H,4-13H2,1-3H3. The Balaban J connectivity index is 1.33. The first-order valence-electron chi connectivity index (χ1n) is 8.18. The molecule has 110 valence electrons. The molecule has 0 saturated carbocycles. The minimum Gasteiger partial charge on any atom is -0.305 e. The van der Waals surface area contributed by atoms with E-state index in [0.29, 0.717) is 5.41 Å². The van der Waals surface area contributed by atoms with Crippen molar-refractivity contribution in [3.05, 3.63) is 0 Å². The average Bonchev–Trinajstić information content (AvgIpc) is 2.26. The second-order valence-corrected chi connectivity index (χ2v) is 7.98. The summed E-state index contributed by atoms with van der Waals surface area (Å²) in [6.45, 7) is 15.5. The third-order valence-electron chi connectivity index (χ3n) is 5.18. The van der Waals surface area contributed by atoms with E-state index in [9.17, 15) is 0 Å². The van der Waals surface area contributed by atoms with Crippen LogP contribution in [0.3, 0.4) is 0 Å². The molecule has 0 radical (unpaired) electrons. The zero-order valence-corrected chi connectivity index (χ0v) is 13.1. The highest BCUT2D eigenvalue weighted by Gasteiger charge is 2.50. The van der Waals surface area contributed by atoms with Crippen LogP contribution in [-0.4, -0.2) is 74.1 Å². The van der Waals surface area contributed by atoms with E-state index in [2.05, 4.69) is 35.6 Å². The summed E-state index contributed by atoms with van der Waals surface area (Å²) in [5.41, 5.74) is 0.715. The molecule has 3 heterocycles. The minimum atomic E-state index is 0.715. The number of likely N-dealkylation sites (tertiary alicyclic amines) is 3. The Bertz CT molecular complexity index is 293. The van der Waals surface area contributed by atoms with Gasteiger partial charge in [0.1, 0.15) is 0 Å². The molecule has 0 unspecified atom stereocenters. The van der Waals surface area contributed by atoms with Crippen LogP contribution < -0.4 is 0 Å². The number of piperidine rings is 1. The molecule has 0 aromatic carbocycles. The average molecular weight is 265 g/mol. The smallest absolute Gasteiger partial charge is 0.0212 e. The zero-order chi connectivity index (χ0) is 13.5. The summed E-state index contributed by atoms with van der Waals surface area (Å²) in [5.74, 6) is 1.79. The highest BCUT2D eigenvalue weighted by atomic mass is 15.3. The third kappa shape index (κ3) is 3.14. The molecule has 0 bridgehead atoms. The van der Waals surface area contributed by atoms with E-state index >= 15 is 0 Å². The molecular formula is C16H31N3. The topological polar surface area (TPSA) is 9.72 Å². The number of rotatable bonds is 4. The van der Waals surface area contributed by atoms with Crippen LogP contribution in [0, 0.1) is 17.3 Å². The first-order valence-corrected chi connectivity index (χ1v) is 8.18. The number of hydrogen-bond acceptors (Lipinski definition) is 3. The van der Waals surface area contributed by atoms with Gasteiger partial charge < -0.3 is 14.7 Å². The fraction of sp³-hybridized carbons (Fsp3) is 1.00. The lowest BCUT2D eigenvalue weighted by Crippen LogP contribution is -2.71. The monoisotopic (exact) mass is 265 g/mol. The molecule has 0 N–H and O–H groups in total. The van der Waals surface area contributed by atoms with E-state index in [4.69, 9.17) is 0 Å². The molecule has 3 aliphatic heterocycles. The lowest BCUT2D eigenvalue weighted by molar-refractivity contribution is -0.110. The maximum Gasteiger partial charge on any atom is 0.0212 e. The normalized spacial score (nSPS) is 29.7. The Morgan fingerprint density at radius 3 is 2.16 bits per heavy atom. The molecular weight excluding hydrogens is 234 g/mol. The second kappa shape index (κ2) is 5.34. The van der Waals surface area contributed by atoms with E-state index < -0.39 is 0 Å². The van der Waals surface area contributed by atoms with E-state index in [-0.39, 0.29) is 0 Å². The predicted octanol–water partition coefficient (Wildman–Crippen LogP) is 1.60. The van der Waals surface area contributed by atoms with Crippen LogP contribution in [0.15, 0.2) is 0 Å². The SMILES string of the molecule is CC(C)CN1CCC(CN2CC3(CN(C)C3)C2)CC1. The van der Waals surface area contributed by atoms with Crippen molar-refractivity contribution >= 4 is 0 Å². The van der Waals surface area contributed by atoms with Gasteiger partial charge in [-0.1, -0.05) is 13.8 Å². The molecule has 0 aliphatic carbocycles. The second-order valence-electron chi connectivity index (χ2n) is 7.98. The first kappa shape index (κ1) is 13.8. The van der Waals surface area contributed by atoms with Crippen molar-refractivity contribution in [1.82, 2.24) is 14.7 Å². The van der Waals surface area contributed by atoms with Gasteiger partial charge in [0.15, 0.2) is 0 Å². The summed E-state index contributed by atoms with van der Waals surface area (Å²) in [4.78, 5) is 7.84. The predicted molar refractivity (Wildman–Crippen MR) is 80.4 cm³/mol. The van der Waals surface area contributed by atoms with Crippen LogP contribution >= 0.6 is 0 Å². The summed E-state index contributed by atoms with van der Waals surface area (Å²) in [7, 11) is 2.25. The van der Waals surface area contributed by atoms with Gasteiger partial charge in [0.25, 0.3) is 0 Å². The lowest BCUT2D eigenvalue weighted by atomic mass is 9.72. The van der Waals surface area contributed by atoms with Crippen LogP contribution in [0.5, 0.6) is 0 Å². The molecule has 3 saturated heterocycles. The molecule has 0 aromatic rings. The van der Waals surface area contributed by atoms with E-state index in [1.165, 1.54) is 65.2 Å². The van der Waals surface area contributed by atoms with E-state index in [1.54, 1.807) is 0 Å². The Labute approximate surface area is 118 Å². The summed E-state index contributed by atoms with van der Waals surface area (Å²) in [6.07, 6.45) is 2.85. The Kier molecular flexibility index (Phi) is 3.89. The molecule has 3 fully saturated rings. The van der Waals surface area contributed by atoms with Crippen LogP contribution in [0.2, 0.25) is 0 Å². The van der Waals surface area contributed by atoms with Crippen molar-refractivity contribution in [2.24, 2.45) is 17.3 Å². The molecule has 19 heavy (non-hydrogen) atoms. The molecule has 3 aliphatic rings. The summed E-state index contributed by atoms with van der Waals surface area (Å²) in [5, 5.41) is 0. The van der Waals surface area contributed by atoms with Crippen molar-refractivity contribution in [2.75, 3.05) is 59.4 Å². The fourth-order valence-corrected chi connectivity index (χ4v) is 4.56. The molecule has 3 heteroatoms. The Morgan fingerprint density at radius 2 is 1.63 bits per heavy atom. The maximum atomic E-state index is 2.72. The molecule has 3 rings (SSSR count). The van der Waals surface area contributed by atoms with Gasteiger partial charge in [-0.3, -0.25) is 0 Å². The number of hydrogen-bond donors (Lipinski definition) is 0. The van der Waals surface area contributed by atoms with Gasteiger partial charge in [-0.2, -0.15) is 0 Å². The van der Waals surface area contributed by atoms with Crippen molar-refractivity contribution in [3.8, 4) is 0 Å². The van der Waals surface area contributed by atoms with Crippen LogP contribution in [0.1, 0.15) is 26.7 Å². The van der Waals surface area contributed by atoms with E-state index in [0.717, 1.165) is 11.8 Å². The lowest BCUT2D eigenvalue weighted by Gasteiger charge is -2.60. The van der Waals surface area contributed by atoms with Crippen molar-refractivity contribution in [1.29, 1.82) is 0 Å². The van der Waals surface area contributed by atoms with Gasteiger partial charge in [-0.15, -0.1) is 0 Å². The maximum absolute atomic E-state index is 2.72. The van der Waals surface area contributed by atoms with Crippen LogP contribution in [0.25, 0.3) is 0 Å². The zero-order valence-electron chi connectivity index (χ0n) is 13.1. The van der Waals surface area contributed by atoms with Crippen molar-refractivity contribution in [3.63, 3.8) is 0 Å². The molecule has 3 nitrogen and oxygen atoms in total. The summed E-state index contributed by atoms with van der Waals surface area (Å²) < 4.78 is 0. The highest BCUT2D eigenvalue weighted by Crippen LogP contribution is 2.39. The van der Waals surface area contributed by atoms with Crippen molar-refractivity contribution in [2.45, 2.75) is 26.7 Å². The Hall–Kier alpha value is -0.120. The number of nitrogens with zero attached hydrogens (tertiary/aromatic N) is 3. The van der Waals surface area contributed by atoms with Gasteiger partial charge in [0.05, 0.1) is 0 Å². The van der Waals surface area contributed by atoms with E-state index in [1.807, 2.05) is 0 Å². The van der Waals surface area contributed by atoms with Crippen LogP contribution in [0.4, 0.5) is 0 Å². The fourth-order valence-electron chi connectivity index (χ4n) is 4.56. The molecule has 0 atom stereocenters. The Morgan fingerprint density at radius 1 is 1.00 bits per heavy atom. The van der Waals surface area contributed by atoms with Crippen molar-refractivity contribution < 1.29 is 0 Å². The van der Waals surface area contributed by atoms with Gasteiger partial charge in [-0.25, -0.2) is 0 Å². The summed E-state index contributed by atoms with van der Waals surface area (Å²) in [6, 6.07) is 0. The summed E-state index contributed by atoms with van der Waals surface area (Å²) >= 11 is 0. The highest BCUT2D eigenvalue weighted by molar-refractivity contribution is 5.04. The molecule has 0 amide bonds. The molecule has 0 aromatic heterocycles.